The second-order valence-corrected chi connectivity index (χ2v) is 14.3. The van der Waals surface area contributed by atoms with Crippen molar-refractivity contribution in [1.82, 2.24) is 0 Å². The van der Waals surface area contributed by atoms with Gasteiger partial charge >= 0.3 is 8.60 Å². The molecule has 1 rings (SSSR count). The van der Waals surface area contributed by atoms with Crippen molar-refractivity contribution < 1.29 is 13.6 Å². The molecule has 0 heterocycles. The monoisotopic (exact) mass is 659 g/mol. The normalized spacial score (nSPS) is 12.5. The molecule has 0 amide bonds. The number of rotatable bonds is 36. The third-order valence-corrected chi connectivity index (χ3v) is 9.78. The zero-order valence-corrected chi connectivity index (χ0v) is 31.5. The van der Waals surface area contributed by atoms with Crippen LogP contribution >= 0.6 is 8.60 Å². The molecule has 266 valence electrons. The van der Waals surface area contributed by atoms with Crippen LogP contribution in [-0.4, -0.2) is 13.2 Å². The topological polar surface area (TPSA) is 27.7 Å². The molecule has 0 atom stereocenters. The van der Waals surface area contributed by atoms with E-state index in [1.807, 2.05) is 30.3 Å². The van der Waals surface area contributed by atoms with E-state index in [2.05, 4.69) is 38.2 Å². The van der Waals surface area contributed by atoms with Gasteiger partial charge in [0.05, 0.1) is 13.2 Å². The minimum absolute atomic E-state index is 0.715. The number of hydrogen-bond acceptors (Lipinski definition) is 3. The summed E-state index contributed by atoms with van der Waals surface area (Å²) < 4.78 is 18.3. The largest absolute Gasteiger partial charge is 0.427 e. The molecule has 4 heteroatoms. The van der Waals surface area contributed by atoms with Gasteiger partial charge in [-0.1, -0.05) is 172 Å². The first-order valence-corrected chi connectivity index (χ1v) is 21.0. The first-order chi connectivity index (χ1) is 22.9. The molecular weight excluding hydrogens is 583 g/mol. The summed E-state index contributed by atoms with van der Waals surface area (Å²) in [5.74, 6) is 0.829. The van der Waals surface area contributed by atoms with E-state index in [1.165, 1.54) is 167 Å². The van der Waals surface area contributed by atoms with E-state index in [1.54, 1.807) is 0 Å². The average Bonchev–Trinajstić information content (AvgIpc) is 3.07. The predicted molar refractivity (Wildman–Crippen MR) is 205 cm³/mol. The van der Waals surface area contributed by atoms with E-state index in [0.717, 1.165) is 18.6 Å². The van der Waals surface area contributed by atoms with Crippen LogP contribution in [0.15, 0.2) is 54.6 Å². The molecule has 0 N–H and O–H groups in total. The maximum Gasteiger partial charge on any atom is 0.397 e. The summed E-state index contributed by atoms with van der Waals surface area (Å²) >= 11 is 0. The van der Waals surface area contributed by atoms with Gasteiger partial charge in [-0.3, -0.25) is 0 Å². The van der Waals surface area contributed by atoms with Crippen LogP contribution in [0, 0.1) is 0 Å². The highest BCUT2D eigenvalue weighted by Crippen LogP contribution is 2.41. The van der Waals surface area contributed by atoms with Crippen molar-refractivity contribution in [2.45, 2.75) is 194 Å². The van der Waals surface area contributed by atoms with Crippen LogP contribution in [0.3, 0.4) is 0 Å². The number of benzene rings is 1. The van der Waals surface area contributed by atoms with Crippen LogP contribution in [0.2, 0.25) is 0 Å². The summed E-state index contributed by atoms with van der Waals surface area (Å²) in [4.78, 5) is 0. The molecule has 0 aromatic heterocycles. The Morgan fingerprint density at radius 2 is 0.739 bits per heavy atom. The Labute approximate surface area is 288 Å². The summed E-state index contributed by atoms with van der Waals surface area (Å²) in [5, 5.41) is 0. The Hall–Kier alpha value is -1.15. The Bertz CT molecular complexity index is 721. The van der Waals surface area contributed by atoms with Gasteiger partial charge in [-0.2, -0.15) is 0 Å². The third kappa shape index (κ3) is 31.4. The fraction of sp³-hybridized carbons (Fsp3) is 0.762. The first kappa shape index (κ1) is 42.9. The van der Waals surface area contributed by atoms with Gasteiger partial charge in [0.2, 0.25) is 0 Å². The Balaban J connectivity index is 2.01. The molecule has 1 aromatic carbocycles. The van der Waals surface area contributed by atoms with Crippen LogP contribution in [0.5, 0.6) is 5.75 Å². The molecule has 3 nitrogen and oxygen atoms in total. The molecule has 0 bridgehead atoms. The van der Waals surface area contributed by atoms with Crippen LogP contribution < -0.4 is 4.52 Å². The van der Waals surface area contributed by atoms with Gasteiger partial charge in [0.1, 0.15) is 5.75 Å². The minimum Gasteiger partial charge on any atom is -0.427 e. The molecule has 0 saturated heterocycles. The maximum absolute atomic E-state index is 6.10. The molecule has 0 spiro atoms. The van der Waals surface area contributed by atoms with Gasteiger partial charge in [-0.15, -0.1) is 0 Å². The van der Waals surface area contributed by atoms with E-state index >= 15 is 0 Å². The zero-order chi connectivity index (χ0) is 32.9. The van der Waals surface area contributed by atoms with Gasteiger partial charge in [-0.25, -0.2) is 0 Å². The van der Waals surface area contributed by atoms with Crippen LogP contribution in [0.4, 0.5) is 0 Å². The van der Waals surface area contributed by atoms with Crippen molar-refractivity contribution in [2.75, 3.05) is 13.2 Å². The molecule has 0 aliphatic carbocycles. The molecule has 0 radical (unpaired) electrons. The molecular formula is C42H75O3P. The molecule has 46 heavy (non-hydrogen) atoms. The average molecular weight is 659 g/mol. The molecule has 1 aromatic rings. The fourth-order valence-electron chi connectivity index (χ4n) is 5.63. The highest BCUT2D eigenvalue weighted by atomic mass is 31.2. The lowest BCUT2D eigenvalue weighted by Gasteiger charge is -2.17. The van der Waals surface area contributed by atoms with Crippen molar-refractivity contribution in [1.29, 1.82) is 0 Å². The lowest BCUT2D eigenvalue weighted by molar-refractivity contribution is 0.198. The predicted octanol–water partition coefficient (Wildman–Crippen LogP) is 15.4. The van der Waals surface area contributed by atoms with Crippen molar-refractivity contribution >= 4 is 8.60 Å². The maximum atomic E-state index is 6.10. The van der Waals surface area contributed by atoms with Crippen LogP contribution in [-0.2, 0) is 9.05 Å². The minimum atomic E-state index is -1.34. The smallest absolute Gasteiger partial charge is 0.397 e. The number of allylic oxidation sites excluding steroid dienone is 4. The van der Waals surface area contributed by atoms with E-state index in [9.17, 15) is 0 Å². The zero-order valence-electron chi connectivity index (χ0n) is 30.6. The van der Waals surface area contributed by atoms with Crippen LogP contribution in [0.1, 0.15) is 194 Å². The lowest BCUT2D eigenvalue weighted by Crippen LogP contribution is -2.01. The first-order valence-electron chi connectivity index (χ1n) is 20.0. The summed E-state index contributed by atoms with van der Waals surface area (Å²) in [6.45, 7) is 6.00. The highest BCUT2D eigenvalue weighted by Gasteiger charge is 2.14. The Morgan fingerprint density at radius 3 is 1.11 bits per heavy atom. The SMILES string of the molecule is CCCCCCCCC=CCCCCCCCCOP(OCCCCCCCCC=CCCCCCCCC)Oc1ccccc1. The highest BCUT2D eigenvalue weighted by molar-refractivity contribution is 7.42. The second-order valence-electron chi connectivity index (χ2n) is 13.2. The van der Waals surface area contributed by atoms with Gasteiger partial charge in [0.15, 0.2) is 0 Å². The molecule has 0 unspecified atom stereocenters. The van der Waals surface area contributed by atoms with E-state index in [4.69, 9.17) is 13.6 Å². The summed E-state index contributed by atoms with van der Waals surface area (Å²) in [6, 6.07) is 9.97. The van der Waals surface area contributed by atoms with Crippen molar-refractivity contribution in [3.8, 4) is 5.75 Å². The number of unbranched alkanes of at least 4 members (excludes halogenated alkanes) is 24. The van der Waals surface area contributed by atoms with Gasteiger partial charge < -0.3 is 13.6 Å². The van der Waals surface area contributed by atoms with Gasteiger partial charge in [0, 0.05) is 0 Å². The van der Waals surface area contributed by atoms with Crippen molar-refractivity contribution in [2.24, 2.45) is 0 Å². The lowest BCUT2D eigenvalue weighted by atomic mass is 10.1. The van der Waals surface area contributed by atoms with E-state index in [0.29, 0.717) is 13.2 Å². The summed E-state index contributed by atoms with van der Waals surface area (Å²) in [5.41, 5.74) is 0. The molecule has 0 fully saturated rings. The van der Waals surface area contributed by atoms with Crippen LogP contribution in [0.25, 0.3) is 0 Å². The van der Waals surface area contributed by atoms with Gasteiger partial charge in [0.25, 0.3) is 0 Å². The molecule has 0 saturated carbocycles. The molecule has 0 aliphatic heterocycles. The number of para-hydroxylation sites is 1. The quantitative estimate of drug-likeness (QED) is 0.0408. The fourth-order valence-corrected chi connectivity index (χ4v) is 6.66. The van der Waals surface area contributed by atoms with E-state index < -0.39 is 8.60 Å². The summed E-state index contributed by atoms with van der Waals surface area (Å²) in [6.07, 6.45) is 46.5. The third-order valence-electron chi connectivity index (χ3n) is 8.63. The Morgan fingerprint density at radius 1 is 0.413 bits per heavy atom. The number of hydrogen-bond donors (Lipinski definition) is 0. The van der Waals surface area contributed by atoms with E-state index in [-0.39, 0.29) is 0 Å². The molecule has 0 aliphatic rings. The Kier molecular flexibility index (Phi) is 34.2. The summed E-state index contributed by atoms with van der Waals surface area (Å²) in [7, 11) is -1.34. The standard InChI is InChI=1S/C42H75O3P/c1-3-5-7-9-11-13-15-17-19-21-23-25-27-29-31-36-40-43-46(45-42-38-34-33-35-39-42)44-41-37-32-30-28-26-24-22-20-18-16-14-12-10-8-6-4-2/h17-20,33-35,38-39H,3-16,21-32,36-37,40-41H2,1-2H3. The van der Waals surface area contributed by atoms with Crippen molar-refractivity contribution in [3.05, 3.63) is 54.6 Å². The van der Waals surface area contributed by atoms with Gasteiger partial charge in [-0.05, 0) is 76.3 Å². The second kappa shape index (κ2) is 36.7. The van der Waals surface area contributed by atoms with Crippen molar-refractivity contribution in [3.63, 3.8) is 0 Å².